The molecule has 5 aromatic rings. The molecule has 5 heterocycles. The van der Waals surface area contributed by atoms with E-state index in [1.165, 1.54) is 17.0 Å². The lowest BCUT2D eigenvalue weighted by Crippen LogP contribution is -2.46. The molecule has 2 aromatic carbocycles. The summed E-state index contributed by atoms with van der Waals surface area (Å²) in [5.41, 5.74) is 4.98. The summed E-state index contributed by atoms with van der Waals surface area (Å²) in [6, 6.07) is 10.9. The molecule has 0 spiro atoms. The number of anilines is 2. The Balaban J connectivity index is 1.21. The predicted octanol–water partition coefficient (Wildman–Crippen LogP) is 4.81. The van der Waals surface area contributed by atoms with E-state index in [-0.39, 0.29) is 11.7 Å². The number of piperazine rings is 1. The number of rotatable bonds is 7. The van der Waals surface area contributed by atoms with Gasteiger partial charge in [-0.25, -0.2) is 14.4 Å². The molecule has 1 fully saturated rings. The molecular weight excluding hydrogens is 539 g/mol. The molecule has 0 saturated carbocycles. The SMILES string of the molecule is CCN1CCN(c2ccc(-c3cc(F)c4cn(C(C(=O)Nc5nccs5)c5ncn6c5CCC6)nc4c3)cc2)CC1. The number of fused-ring (bicyclic) bond motifs is 2. The number of nitrogens with zero attached hydrogens (tertiary/aromatic N) is 7. The number of hydrogen-bond donors (Lipinski definition) is 1. The Kier molecular flexibility index (Phi) is 6.76. The number of likely N-dealkylation sites (N-methyl/N-ethyl adjacent to an activating group) is 1. The third-order valence-corrected chi connectivity index (χ3v) is 8.89. The van der Waals surface area contributed by atoms with Crippen LogP contribution in [-0.4, -0.2) is 67.8 Å². The van der Waals surface area contributed by atoms with E-state index in [4.69, 9.17) is 5.10 Å². The number of hydrogen-bond acceptors (Lipinski definition) is 7. The number of carbonyl (C=O) groups excluding carboxylic acids is 1. The average molecular weight is 571 g/mol. The van der Waals surface area contributed by atoms with Gasteiger partial charge in [-0.2, -0.15) is 5.10 Å². The standard InChI is InChI=1S/C30H31FN8OS/c1-2-36-11-13-37(14-12-36)22-7-5-20(6-8-22)21-16-24(31)23-18-39(35-25(23)17-21)28(29(40)34-30-32-9-15-41-30)27-26-4-3-10-38(26)19-33-27/h5-9,15-19,28H,2-4,10-14H2,1H3,(H,32,34,40). The zero-order chi connectivity index (χ0) is 27.9. The Morgan fingerprint density at radius 3 is 2.66 bits per heavy atom. The molecule has 2 aliphatic rings. The molecule has 0 radical (unpaired) electrons. The van der Waals surface area contributed by atoms with Gasteiger partial charge in [-0.15, -0.1) is 11.3 Å². The van der Waals surface area contributed by atoms with Crippen LogP contribution >= 0.6 is 11.3 Å². The largest absolute Gasteiger partial charge is 0.369 e. The van der Waals surface area contributed by atoms with Crippen molar-refractivity contribution < 1.29 is 9.18 Å². The minimum absolute atomic E-state index is 0.308. The van der Waals surface area contributed by atoms with E-state index in [0.29, 0.717) is 21.7 Å². The first-order chi connectivity index (χ1) is 20.1. The number of aromatic nitrogens is 5. The monoisotopic (exact) mass is 570 g/mol. The van der Waals surface area contributed by atoms with Crippen molar-refractivity contribution in [3.05, 3.63) is 77.7 Å². The summed E-state index contributed by atoms with van der Waals surface area (Å²) in [6.07, 6.45) is 6.86. The van der Waals surface area contributed by atoms with E-state index < -0.39 is 6.04 Å². The second-order valence-electron chi connectivity index (χ2n) is 10.6. The molecule has 41 heavy (non-hydrogen) atoms. The van der Waals surface area contributed by atoms with E-state index in [1.807, 2.05) is 18.2 Å². The van der Waals surface area contributed by atoms with Crippen LogP contribution in [0.15, 0.2) is 60.5 Å². The van der Waals surface area contributed by atoms with Crippen LogP contribution in [0.4, 0.5) is 15.2 Å². The molecule has 9 nitrogen and oxygen atoms in total. The van der Waals surface area contributed by atoms with Crippen molar-refractivity contribution in [2.75, 3.05) is 42.9 Å². The molecule has 0 bridgehead atoms. The first kappa shape index (κ1) is 25.8. The van der Waals surface area contributed by atoms with Gasteiger partial charge in [0, 0.05) is 61.9 Å². The number of thiazole rings is 1. The summed E-state index contributed by atoms with van der Waals surface area (Å²) in [5.74, 6) is -0.685. The molecule has 1 amide bonds. The molecule has 1 unspecified atom stereocenters. The number of carbonyl (C=O) groups is 1. The topological polar surface area (TPSA) is 84.1 Å². The highest BCUT2D eigenvalue weighted by atomic mass is 32.1. The van der Waals surface area contributed by atoms with Gasteiger partial charge in [-0.05, 0) is 54.8 Å². The fraction of sp³-hybridized carbons (Fsp3) is 0.333. The highest BCUT2D eigenvalue weighted by Gasteiger charge is 2.32. The molecule has 210 valence electrons. The summed E-state index contributed by atoms with van der Waals surface area (Å²) >= 11 is 1.34. The highest BCUT2D eigenvalue weighted by molar-refractivity contribution is 7.13. The van der Waals surface area contributed by atoms with E-state index >= 15 is 4.39 Å². The molecule has 1 atom stereocenters. The fourth-order valence-corrected chi connectivity index (χ4v) is 6.48. The first-order valence-corrected chi connectivity index (χ1v) is 15.0. The lowest BCUT2D eigenvalue weighted by Gasteiger charge is -2.35. The van der Waals surface area contributed by atoms with Crippen LogP contribution < -0.4 is 10.2 Å². The van der Waals surface area contributed by atoms with Gasteiger partial charge in [-0.1, -0.05) is 19.1 Å². The van der Waals surface area contributed by atoms with Gasteiger partial charge in [0.15, 0.2) is 11.2 Å². The normalized spacial score (nSPS) is 16.3. The number of halogens is 1. The first-order valence-electron chi connectivity index (χ1n) is 14.1. The Labute approximate surface area is 241 Å². The summed E-state index contributed by atoms with van der Waals surface area (Å²) < 4.78 is 19.1. The number of nitrogens with one attached hydrogen (secondary N) is 1. The number of benzene rings is 2. The second kappa shape index (κ2) is 10.7. The fourth-order valence-electron chi connectivity index (χ4n) is 5.95. The average Bonchev–Trinajstić information content (AvgIpc) is 3.80. The molecule has 1 saturated heterocycles. The summed E-state index contributed by atoms with van der Waals surface area (Å²) in [5, 5.41) is 10.3. The van der Waals surface area contributed by atoms with Crippen LogP contribution in [0.25, 0.3) is 22.0 Å². The van der Waals surface area contributed by atoms with Crippen molar-refractivity contribution in [3.63, 3.8) is 0 Å². The van der Waals surface area contributed by atoms with Crippen LogP contribution in [-0.2, 0) is 17.8 Å². The Bertz CT molecular complexity index is 1690. The van der Waals surface area contributed by atoms with Crippen LogP contribution in [0.5, 0.6) is 0 Å². The number of aryl methyl sites for hydroxylation is 1. The lowest BCUT2D eigenvalue weighted by atomic mass is 10.0. The smallest absolute Gasteiger partial charge is 0.257 e. The van der Waals surface area contributed by atoms with E-state index in [2.05, 4.69) is 48.7 Å². The van der Waals surface area contributed by atoms with Crippen LogP contribution in [0.3, 0.4) is 0 Å². The van der Waals surface area contributed by atoms with Crippen molar-refractivity contribution in [3.8, 4) is 11.1 Å². The van der Waals surface area contributed by atoms with Gasteiger partial charge in [0.25, 0.3) is 5.91 Å². The molecule has 1 N–H and O–H groups in total. The summed E-state index contributed by atoms with van der Waals surface area (Å²) in [6.45, 7) is 8.28. The van der Waals surface area contributed by atoms with Gasteiger partial charge < -0.3 is 14.4 Å². The molecule has 0 aliphatic carbocycles. The molecule has 2 aliphatic heterocycles. The maximum atomic E-state index is 15.5. The number of amides is 1. The van der Waals surface area contributed by atoms with Gasteiger partial charge in [0.2, 0.25) is 0 Å². The van der Waals surface area contributed by atoms with Crippen molar-refractivity contribution in [2.45, 2.75) is 32.4 Å². The van der Waals surface area contributed by atoms with Crippen molar-refractivity contribution >= 4 is 39.0 Å². The van der Waals surface area contributed by atoms with Gasteiger partial charge in [-0.3, -0.25) is 14.8 Å². The minimum atomic E-state index is -0.851. The van der Waals surface area contributed by atoms with Crippen LogP contribution in [0.1, 0.15) is 30.8 Å². The molecule has 11 heteroatoms. The number of imidazole rings is 1. The summed E-state index contributed by atoms with van der Waals surface area (Å²) in [7, 11) is 0. The Morgan fingerprint density at radius 1 is 1.07 bits per heavy atom. The third-order valence-electron chi connectivity index (χ3n) is 8.20. The van der Waals surface area contributed by atoms with Crippen molar-refractivity contribution in [2.24, 2.45) is 0 Å². The maximum absolute atomic E-state index is 15.5. The molecule has 7 rings (SSSR count). The quantitative estimate of drug-likeness (QED) is 0.302. The summed E-state index contributed by atoms with van der Waals surface area (Å²) in [4.78, 5) is 27.2. The molecular formula is C30H31FN8OS. The second-order valence-corrected chi connectivity index (χ2v) is 11.5. The minimum Gasteiger partial charge on any atom is -0.369 e. The van der Waals surface area contributed by atoms with E-state index in [1.54, 1.807) is 34.8 Å². The van der Waals surface area contributed by atoms with Gasteiger partial charge in [0.05, 0.1) is 22.9 Å². The third kappa shape index (κ3) is 4.89. The maximum Gasteiger partial charge on any atom is 0.257 e. The Morgan fingerprint density at radius 2 is 1.90 bits per heavy atom. The van der Waals surface area contributed by atoms with Gasteiger partial charge >= 0.3 is 0 Å². The van der Waals surface area contributed by atoms with Gasteiger partial charge in [0.1, 0.15) is 5.82 Å². The zero-order valence-corrected chi connectivity index (χ0v) is 23.6. The van der Waals surface area contributed by atoms with E-state index in [0.717, 1.165) is 68.9 Å². The Hall–Kier alpha value is -4.09. The highest BCUT2D eigenvalue weighted by Crippen LogP contribution is 2.32. The molecule has 3 aromatic heterocycles. The van der Waals surface area contributed by atoms with E-state index in [9.17, 15) is 4.79 Å². The van der Waals surface area contributed by atoms with Crippen molar-refractivity contribution in [1.29, 1.82) is 0 Å². The zero-order valence-electron chi connectivity index (χ0n) is 22.8. The van der Waals surface area contributed by atoms with Crippen molar-refractivity contribution in [1.82, 2.24) is 29.2 Å². The predicted molar refractivity (Wildman–Crippen MR) is 159 cm³/mol. The lowest BCUT2D eigenvalue weighted by molar-refractivity contribution is -0.118. The van der Waals surface area contributed by atoms with Crippen LogP contribution in [0, 0.1) is 5.82 Å². The van der Waals surface area contributed by atoms with Crippen LogP contribution in [0.2, 0.25) is 0 Å².